The summed E-state index contributed by atoms with van der Waals surface area (Å²) in [5.74, 6) is -1.34. The Balaban J connectivity index is 3.55. The van der Waals surface area contributed by atoms with Crippen molar-refractivity contribution in [1.82, 2.24) is 0 Å². The maximum atomic E-state index is 10.7. The van der Waals surface area contributed by atoms with Gasteiger partial charge in [0, 0.05) is 5.97 Å². The van der Waals surface area contributed by atoms with Gasteiger partial charge in [0.15, 0.2) is 0 Å². The molecule has 0 rings (SSSR count). The summed E-state index contributed by atoms with van der Waals surface area (Å²) < 4.78 is 0. The van der Waals surface area contributed by atoms with Crippen LogP contribution in [0.1, 0.15) is 52.9 Å². The number of aliphatic carboxylic acids is 1. The topological polar surface area (TPSA) is 58.6 Å². The van der Waals surface area contributed by atoms with Gasteiger partial charge in [-0.15, -0.1) is 0 Å². The van der Waals surface area contributed by atoms with E-state index in [0.717, 1.165) is 12.8 Å². The van der Waals surface area contributed by atoms with Crippen LogP contribution >= 0.6 is 0 Å². The lowest BCUT2D eigenvalue weighted by Crippen LogP contribution is -2.31. The summed E-state index contributed by atoms with van der Waals surface area (Å²) >= 11 is 0. The smallest absolute Gasteiger partial charge is 0.0902 e. The monoisotopic (exact) mass is 231 g/mol. The molecule has 0 aromatic rings. The number of unbranched alkanes of at least 4 members (excludes halogenated alkanes) is 1. The van der Waals surface area contributed by atoms with E-state index in [9.17, 15) is 9.90 Å². The van der Waals surface area contributed by atoms with Crippen molar-refractivity contribution in [3.05, 3.63) is 0 Å². The molecular formula is C12H23O4-. The minimum Gasteiger partial charge on any atom is -0.550 e. The second-order valence-corrected chi connectivity index (χ2v) is 4.08. The summed E-state index contributed by atoms with van der Waals surface area (Å²) in [6, 6.07) is 0. The predicted molar refractivity (Wildman–Crippen MR) is 59.4 cm³/mol. The van der Waals surface area contributed by atoms with Crippen molar-refractivity contribution in [2.75, 3.05) is 6.61 Å². The van der Waals surface area contributed by atoms with Gasteiger partial charge < -0.3 is 9.90 Å². The standard InChI is InChI=1S/C12H24O4/c1-4-6-9-15-16-10(3)7-8-11(5-2)12(13)14/h10-11H,4-9H2,1-3H3,(H,13,14)/p-1. The van der Waals surface area contributed by atoms with E-state index >= 15 is 0 Å². The fourth-order valence-corrected chi connectivity index (χ4v) is 1.34. The molecular weight excluding hydrogens is 208 g/mol. The summed E-state index contributed by atoms with van der Waals surface area (Å²) in [7, 11) is 0. The zero-order chi connectivity index (χ0) is 12.4. The van der Waals surface area contributed by atoms with Crippen LogP contribution in [0.25, 0.3) is 0 Å². The second kappa shape index (κ2) is 9.60. The SMILES string of the molecule is CCCCOOC(C)CCC(CC)C(=O)[O-]. The molecule has 0 spiro atoms. The molecule has 0 saturated heterocycles. The van der Waals surface area contributed by atoms with E-state index in [2.05, 4.69) is 6.92 Å². The molecule has 0 saturated carbocycles. The Kier molecular flexibility index (Phi) is 9.24. The van der Waals surface area contributed by atoms with E-state index in [1.165, 1.54) is 0 Å². The third-order valence-corrected chi connectivity index (χ3v) is 2.56. The molecule has 0 aliphatic heterocycles. The Bertz CT molecular complexity index is 182. The molecule has 0 bridgehead atoms. The number of carbonyl (C=O) groups excluding carboxylic acids is 1. The Morgan fingerprint density at radius 3 is 2.50 bits per heavy atom. The normalized spacial score (nSPS) is 14.7. The summed E-state index contributed by atoms with van der Waals surface area (Å²) in [5.41, 5.74) is 0. The third-order valence-electron chi connectivity index (χ3n) is 2.56. The Morgan fingerprint density at radius 2 is 2.00 bits per heavy atom. The highest BCUT2D eigenvalue weighted by atomic mass is 17.2. The first-order valence-corrected chi connectivity index (χ1v) is 6.10. The van der Waals surface area contributed by atoms with Crippen LogP contribution in [-0.2, 0) is 14.6 Å². The molecule has 0 heterocycles. The van der Waals surface area contributed by atoms with E-state index in [4.69, 9.17) is 9.78 Å². The van der Waals surface area contributed by atoms with E-state index in [-0.39, 0.29) is 12.0 Å². The van der Waals surface area contributed by atoms with Gasteiger partial charge in [-0.05, 0) is 38.5 Å². The fourth-order valence-electron chi connectivity index (χ4n) is 1.34. The van der Waals surface area contributed by atoms with Gasteiger partial charge >= 0.3 is 0 Å². The molecule has 0 N–H and O–H groups in total. The minimum atomic E-state index is -0.971. The molecule has 0 fully saturated rings. The van der Waals surface area contributed by atoms with Crippen LogP contribution in [0.15, 0.2) is 0 Å². The first kappa shape index (κ1) is 15.4. The lowest BCUT2D eigenvalue weighted by Gasteiger charge is -2.18. The van der Waals surface area contributed by atoms with Crippen LogP contribution in [-0.4, -0.2) is 18.7 Å². The van der Waals surface area contributed by atoms with Gasteiger partial charge in [-0.2, -0.15) is 0 Å². The van der Waals surface area contributed by atoms with Crippen LogP contribution in [0.2, 0.25) is 0 Å². The van der Waals surface area contributed by atoms with E-state index in [1.807, 2.05) is 13.8 Å². The van der Waals surface area contributed by atoms with Gasteiger partial charge in [0.25, 0.3) is 0 Å². The van der Waals surface area contributed by atoms with Gasteiger partial charge in [-0.25, -0.2) is 9.78 Å². The number of carboxylic acids is 1. The lowest BCUT2D eigenvalue weighted by atomic mass is 9.99. The van der Waals surface area contributed by atoms with Gasteiger partial charge in [0.05, 0.1) is 12.7 Å². The van der Waals surface area contributed by atoms with Crippen molar-refractivity contribution in [3.63, 3.8) is 0 Å². The fraction of sp³-hybridized carbons (Fsp3) is 0.917. The Hall–Kier alpha value is -0.610. The van der Waals surface area contributed by atoms with Crippen molar-refractivity contribution >= 4 is 5.97 Å². The number of rotatable bonds is 10. The molecule has 0 amide bonds. The van der Waals surface area contributed by atoms with Crippen molar-refractivity contribution in [1.29, 1.82) is 0 Å². The van der Waals surface area contributed by atoms with Crippen molar-refractivity contribution in [2.24, 2.45) is 5.92 Å². The van der Waals surface area contributed by atoms with E-state index < -0.39 is 5.97 Å². The van der Waals surface area contributed by atoms with Crippen molar-refractivity contribution < 1.29 is 19.7 Å². The highest BCUT2D eigenvalue weighted by Crippen LogP contribution is 2.13. The number of hydrogen-bond acceptors (Lipinski definition) is 4. The van der Waals surface area contributed by atoms with Crippen molar-refractivity contribution in [3.8, 4) is 0 Å². The average Bonchev–Trinajstić information content (AvgIpc) is 2.25. The van der Waals surface area contributed by atoms with Crippen LogP contribution in [0.4, 0.5) is 0 Å². The molecule has 16 heavy (non-hydrogen) atoms. The molecule has 0 aliphatic rings. The molecule has 0 aromatic carbocycles. The van der Waals surface area contributed by atoms with E-state index in [0.29, 0.717) is 25.9 Å². The molecule has 2 unspecified atom stereocenters. The first-order chi connectivity index (χ1) is 7.61. The Morgan fingerprint density at radius 1 is 1.31 bits per heavy atom. The molecule has 4 nitrogen and oxygen atoms in total. The molecule has 4 heteroatoms. The summed E-state index contributed by atoms with van der Waals surface area (Å²) in [5, 5.41) is 10.7. The molecule has 2 atom stereocenters. The van der Waals surface area contributed by atoms with Gasteiger partial charge in [-0.1, -0.05) is 20.3 Å². The largest absolute Gasteiger partial charge is 0.550 e. The van der Waals surface area contributed by atoms with Gasteiger partial charge in [0.1, 0.15) is 0 Å². The van der Waals surface area contributed by atoms with Gasteiger partial charge in [0.2, 0.25) is 0 Å². The lowest BCUT2D eigenvalue weighted by molar-refractivity contribution is -0.324. The minimum absolute atomic E-state index is 0.0646. The summed E-state index contributed by atoms with van der Waals surface area (Å²) in [4.78, 5) is 20.8. The maximum Gasteiger partial charge on any atom is 0.0902 e. The zero-order valence-corrected chi connectivity index (χ0v) is 10.5. The Labute approximate surface area is 97.9 Å². The predicted octanol–water partition coefficient (Wildman–Crippen LogP) is 1.68. The number of carbonyl (C=O) groups is 1. The molecule has 0 aliphatic carbocycles. The van der Waals surface area contributed by atoms with Gasteiger partial charge in [-0.3, -0.25) is 0 Å². The van der Waals surface area contributed by atoms with Crippen molar-refractivity contribution in [2.45, 2.75) is 59.0 Å². The number of hydrogen-bond donors (Lipinski definition) is 0. The zero-order valence-electron chi connectivity index (χ0n) is 10.5. The number of carboxylic acid groups (broad SMARTS) is 1. The highest BCUT2D eigenvalue weighted by molar-refractivity contribution is 5.67. The third kappa shape index (κ3) is 7.65. The van der Waals surface area contributed by atoms with Crippen LogP contribution in [0, 0.1) is 5.92 Å². The van der Waals surface area contributed by atoms with Crippen LogP contribution < -0.4 is 5.11 Å². The highest BCUT2D eigenvalue weighted by Gasteiger charge is 2.10. The molecule has 0 aromatic heterocycles. The second-order valence-electron chi connectivity index (χ2n) is 4.08. The molecule has 0 radical (unpaired) electrons. The molecule has 96 valence electrons. The summed E-state index contributed by atoms with van der Waals surface area (Å²) in [6.45, 7) is 6.41. The first-order valence-electron chi connectivity index (χ1n) is 6.10. The van der Waals surface area contributed by atoms with E-state index in [1.54, 1.807) is 0 Å². The van der Waals surface area contributed by atoms with Crippen LogP contribution in [0.3, 0.4) is 0 Å². The quantitative estimate of drug-likeness (QED) is 0.326. The van der Waals surface area contributed by atoms with Crippen LogP contribution in [0.5, 0.6) is 0 Å². The maximum absolute atomic E-state index is 10.7. The average molecular weight is 231 g/mol. The summed E-state index contributed by atoms with van der Waals surface area (Å²) in [6.07, 6.45) is 3.84.